The Morgan fingerprint density at radius 2 is 1.84 bits per heavy atom. The Morgan fingerprint density at radius 3 is 2.65 bits per heavy atom. The van der Waals surface area contributed by atoms with Crippen LogP contribution in [0.15, 0.2) is 54.6 Å². The third kappa shape index (κ3) is 7.08. The van der Waals surface area contributed by atoms with Crippen molar-refractivity contribution >= 4 is 22.5 Å². The van der Waals surface area contributed by atoms with Crippen molar-refractivity contribution in [2.24, 2.45) is 5.92 Å². The van der Waals surface area contributed by atoms with Crippen molar-refractivity contribution in [1.29, 1.82) is 0 Å². The van der Waals surface area contributed by atoms with E-state index in [1.54, 1.807) is 0 Å². The van der Waals surface area contributed by atoms with Crippen LogP contribution in [0.4, 0.5) is 5.69 Å². The number of carbonyl (C=O) groups is 1. The van der Waals surface area contributed by atoms with Crippen LogP contribution in [0.25, 0.3) is 22.2 Å². The minimum absolute atomic E-state index is 0.00986. The minimum atomic E-state index is -0.00986. The number of amides is 1. The van der Waals surface area contributed by atoms with Gasteiger partial charge < -0.3 is 21.3 Å². The van der Waals surface area contributed by atoms with E-state index < -0.39 is 0 Å². The smallest absolute Gasteiger partial charge is 0.251 e. The summed E-state index contributed by atoms with van der Waals surface area (Å²) in [6.45, 7) is 5.09. The topological polar surface area (TPSA) is 78.1 Å². The fourth-order valence-corrected chi connectivity index (χ4v) is 5.68. The number of carbonyl (C=O) groups excluding carboxylic acids is 1. The molecular formula is C31H41N5O. The summed E-state index contributed by atoms with van der Waals surface area (Å²) in [5.41, 5.74) is 4.74. The van der Waals surface area contributed by atoms with Crippen LogP contribution >= 0.6 is 0 Å². The summed E-state index contributed by atoms with van der Waals surface area (Å²) in [6.07, 6.45) is 9.81. The summed E-state index contributed by atoms with van der Waals surface area (Å²) >= 11 is 0. The van der Waals surface area contributed by atoms with Crippen LogP contribution in [0, 0.1) is 5.92 Å². The molecule has 1 amide bonds. The van der Waals surface area contributed by atoms with E-state index in [1.807, 2.05) is 30.3 Å². The van der Waals surface area contributed by atoms with Crippen molar-refractivity contribution in [3.63, 3.8) is 0 Å². The van der Waals surface area contributed by atoms with Crippen LogP contribution in [-0.4, -0.2) is 49.7 Å². The van der Waals surface area contributed by atoms with Crippen LogP contribution in [0.5, 0.6) is 0 Å². The third-order valence-corrected chi connectivity index (χ3v) is 7.85. The van der Waals surface area contributed by atoms with Gasteiger partial charge in [-0.15, -0.1) is 0 Å². The fourth-order valence-electron chi connectivity index (χ4n) is 5.68. The van der Waals surface area contributed by atoms with E-state index in [1.165, 1.54) is 51.5 Å². The Bertz CT molecular complexity index is 1150. The highest BCUT2D eigenvalue weighted by Crippen LogP contribution is 2.29. The number of benzene rings is 2. The van der Waals surface area contributed by atoms with E-state index in [2.05, 4.69) is 45.5 Å². The van der Waals surface area contributed by atoms with Crippen molar-refractivity contribution < 1.29 is 4.79 Å². The normalized spacial score (nSPS) is 20.0. The Labute approximate surface area is 221 Å². The lowest BCUT2D eigenvalue weighted by Crippen LogP contribution is -2.37. The molecule has 2 aliphatic rings. The zero-order valence-corrected chi connectivity index (χ0v) is 21.9. The summed E-state index contributed by atoms with van der Waals surface area (Å²) in [7, 11) is 0. The van der Waals surface area contributed by atoms with Gasteiger partial charge in [0.2, 0.25) is 0 Å². The first kappa shape index (κ1) is 25.7. The predicted molar refractivity (Wildman–Crippen MR) is 153 cm³/mol. The van der Waals surface area contributed by atoms with Crippen LogP contribution < -0.4 is 21.3 Å². The Hall–Kier alpha value is -2.96. The highest BCUT2D eigenvalue weighted by Gasteiger charge is 2.14. The van der Waals surface area contributed by atoms with Crippen LogP contribution in [-0.2, 0) is 0 Å². The molecule has 3 aromatic rings. The molecule has 0 spiro atoms. The molecule has 3 heterocycles. The molecule has 5 rings (SSSR count). The molecule has 37 heavy (non-hydrogen) atoms. The second-order valence-electron chi connectivity index (χ2n) is 10.6. The standard InChI is InChI=1S/C31H41N5O/c37-31(35-20-16-26-9-3-4-18-33-26)25-14-12-24(13-15-25)29-21-30(27-10-1-2-11-28(27)36-29)34-19-6-8-23-7-5-17-32-22-23/h1-2,10-15,21,23,26,32-33H,3-9,16-20,22H2,(H,34,36)(H,35,37). The number of aromatic nitrogens is 1. The van der Waals surface area contributed by atoms with Gasteiger partial charge in [0.15, 0.2) is 0 Å². The Kier molecular flexibility index (Phi) is 9.04. The number of anilines is 1. The first-order valence-electron chi connectivity index (χ1n) is 14.2. The van der Waals surface area contributed by atoms with Crippen molar-refractivity contribution in [3.05, 3.63) is 60.2 Å². The number of rotatable bonds is 10. The summed E-state index contributed by atoms with van der Waals surface area (Å²) < 4.78 is 0. The SMILES string of the molecule is O=C(NCCC1CCCCN1)c1ccc(-c2cc(NCCCC3CCCNC3)c3ccccc3n2)cc1. The van der Waals surface area contributed by atoms with E-state index in [9.17, 15) is 4.79 Å². The molecule has 6 nitrogen and oxygen atoms in total. The second-order valence-corrected chi connectivity index (χ2v) is 10.6. The van der Waals surface area contributed by atoms with Crippen molar-refractivity contribution in [3.8, 4) is 11.3 Å². The Morgan fingerprint density at radius 1 is 0.946 bits per heavy atom. The van der Waals surface area contributed by atoms with Crippen molar-refractivity contribution in [1.82, 2.24) is 20.9 Å². The summed E-state index contributed by atoms with van der Waals surface area (Å²) in [4.78, 5) is 17.6. The maximum atomic E-state index is 12.7. The third-order valence-electron chi connectivity index (χ3n) is 7.85. The van der Waals surface area contributed by atoms with Gasteiger partial charge in [-0.25, -0.2) is 4.98 Å². The molecule has 2 atom stereocenters. The zero-order chi connectivity index (χ0) is 25.3. The first-order valence-corrected chi connectivity index (χ1v) is 14.2. The maximum Gasteiger partial charge on any atom is 0.251 e. The van der Waals surface area contributed by atoms with Crippen molar-refractivity contribution in [2.75, 3.05) is 38.0 Å². The van der Waals surface area contributed by atoms with Crippen LogP contribution in [0.2, 0.25) is 0 Å². The van der Waals surface area contributed by atoms with E-state index >= 15 is 0 Å². The number of hydrogen-bond acceptors (Lipinski definition) is 5. The largest absolute Gasteiger partial charge is 0.384 e. The number of nitrogens with zero attached hydrogens (tertiary/aromatic N) is 1. The lowest BCUT2D eigenvalue weighted by molar-refractivity contribution is 0.0951. The number of para-hydroxylation sites is 1. The molecular weight excluding hydrogens is 458 g/mol. The van der Waals surface area contributed by atoms with Crippen molar-refractivity contribution in [2.45, 2.75) is 57.4 Å². The highest BCUT2D eigenvalue weighted by atomic mass is 16.1. The van der Waals surface area contributed by atoms with Gasteiger partial charge in [-0.05, 0) is 94.8 Å². The molecule has 0 aliphatic carbocycles. The minimum Gasteiger partial charge on any atom is -0.384 e. The van der Waals surface area contributed by atoms with E-state index in [4.69, 9.17) is 4.98 Å². The summed E-state index contributed by atoms with van der Waals surface area (Å²) in [6, 6.07) is 18.8. The van der Waals surface area contributed by atoms with E-state index in [0.717, 1.165) is 59.8 Å². The lowest BCUT2D eigenvalue weighted by atomic mass is 9.95. The van der Waals surface area contributed by atoms with Gasteiger partial charge in [0.25, 0.3) is 5.91 Å². The van der Waals surface area contributed by atoms with Gasteiger partial charge in [-0.3, -0.25) is 4.79 Å². The summed E-state index contributed by atoms with van der Waals surface area (Å²) in [5.74, 6) is 0.796. The van der Waals surface area contributed by atoms with Gasteiger partial charge in [-0.1, -0.05) is 36.8 Å². The molecule has 196 valence electrons. The molecule has 0 radical (unpaired) electrons. The lowest BCUT2D eigenvalue weighted by Gasteiger charge is -2.23. The fraction of sp³-hybridized carbons (Fsp3) is 0.484. The molecule has 6 heteroatoms. The molecule has 2 saturated heterocycles. The highest BCUT2D eigenvalue weighted by molar-refractivity contribution is 5.96. The number of nitrogens with one attached hydrogen (secondary N) is 4. The number of pyridine rings is 1. The second kappa shape index (κ2) is 13.0. The molecule has 2 unspecified atom stereocenters. The summed E-state index contributed by atoms with van der Waals surface area (Å²) in [5, 5.41) is 15.0. The van der Waals surface area contributed by atoms with Gasteiger partial charge in [-0.2, -0.15) is 0 Å². The molecule has 2 aliphatic heterocycles. The van der Waals surface area contributed by atoms with Crippen LogP contribution in [0.1, 0.15) is 61.7 Å². The molecule has 2 fully saturated rings. The number of piperidine rings is 2. The van der Waals surface area contributed by atoms with E-state index in [0.29, 0.717) is 18.2 Å². The molecule has 4 N–H and O–H groups in total. The number of hydrogen-bond donors (Lipinski definition) is 4. The van der Waals surface area contributed by atoms with Gasteiger partial charge in [0.05, 0.1) is 11.2 Å². The maximum absolute atomic E-state index is 12.7. The van der Waals surface area contributed by atoms with Gasteiger partial charge in [0, 0.05) is 41.3 Å². The number of fused-ring (bicyclic) bond motifs is 1. The average molecular weight is 500 g/mol. The predicted octanol–water partition coefficient (Wildman–Crippen LogP) is 5.36. The zero-order valence-electron chi connectivity index (χ0n) is 21.9. The molecule has 0 bridgehead atoms. The van der Waals surface area contributed by atoms with Gasteiger partial charge >= 0.3 is 0 Å². The Balaban J connectivity index is 1.21. The quantitative estimate of drug-likeness (QED) is 0.283. The molecule has 0 saturated carbocycles. The molecule has 1 aromatic heterocycles. The monoisotopic (exact) mass is 499 g/mol. The average Bonchev–Trinajstić information content (AvgIpc) is 2.96. The first-order chi connectivity index (χ1) is 18.3. The molecule has 2 aromatic carbocycles. The van der Waals surface area contributed by atoms with E-state index in [-0.39, 0.29) is 5.91 Å². The van der Waals surface area contributed by atoms with Crippen LogP contribution in [0.3, 0.4) is 0 Å². The van der Waals surface area contributed by atoms with Gasteiger partial charge in [0.1, 0.15) is 0 Å².